The second kappa shape index (κ2) is 8.72. The Morgan fingerprint density at radius 2 is 1.97 bits per heavy atom. The number of thiophene rings is 1. The van der Waals surface area contributed by atoms with E-state index < -0.39 is 27.9 Å². The van der Waals surface area contributed by atoms with Crippen molar-refractivity contribution in [3.63, 3.8) is 0 Å². The highest BCUT2D eigenvalue weighted by Gasteiger charge is 2.45. The Hall–Kier alpha value is -3.32. The van der Waals surface area contributed by atoms with E-state index in [1.807, 2.05) is 0 Å². The van der Waals surface area contributed by atoms with Crippen LogP contribution in [0.4, 0.5) is 5.82 Å². The SMILES string of the molecule is Nc1ncnc2cc(CN3CCN(S(=O)(=O)c4cc5ccc(Cl)cc5s4)C(=O)C3C(=O)O)ccc12. The number of benzene rings is 2. The molecule has 5 rings (SSSR count). The topological polar surface area (TPSA) is 147 Å². The van der Waals surface area contributed by atoms with Gasteiger partial charge in [0.05, 0.1) is 12.1 Å². The minimum atomic E-state index is -4.24. The molecule has 35 heavy (non-hydrogen) atoms. The van der Waals surface area contributed by atoms with Crippen molar-refractivity contribution in [2.75, 3.05) is 18.8 Å². The second-order valence-electron chi connectivity index (χ2n) is 7.98. The van der Waals surface area contributed by atoms with Crippen LogP contribution in [0.5, 0.6) is 0 Å². The first-order valence-electron chi connectivity index (χ1n) is 10.4. The van der Waals surface area contributed by atoms with Crippen LogP contribution in [-0.2, 0) is 26.2 Å². The number of amides is 1. The number of nitrogens with two attached hydrogens (primary N) is 1. The summed E-state index contributed by atoms with van der Waals surface area (Å²) in [5, 5.41) is 11.6. The van der Waals surface area contributed by atoms with E-state index in [2.05, 4.69) is 9.97 Å². The summed E-state index contributed by atoms with van der Waals surface area (Å²) >= 11 is 6.98. The van der Waals surface area contributed by atoms with Crippen LogP contribution in [0.1, 0.15) is 5.56 Å². The van der Waals surface area contributed by atoms with Gasteiger partial charge in [0.1, 0.15) is 16.4 Å². The van der Waals surface area contributed by atoms with E-state index in [4.69, 9.17) is 17.3 Å². The first-order valence-corrected chi connectivity index (χ1v) is 13.0. The fraction of sp³-hybridized carbons (Fsp3) is 0.182. The molecule has 1 fully saturated rings. The van der Waals surface area contributed by atoms with Gasteiger partial charge in [-0.1, -0.05) is 23.7 Å². The van der Waals surface area contributed by atoms with Crippen LogP contribution in [-0.4, -0.2) is 63.7 Å². The van der Waals surface area contributed by atoms with Gasteiger partial charge in [-0.25, -0.2) is 27.5 Å². The predicted molar refractivity (Wildman–Crippen MR) is 132 cm³/mol. The van der Waals surface area contributed by atoms with Gasteiger partial charge in [-0.15, -0.1) is 11.3 Å². The molecule has 1 aliphatic rings. The molecule has 3 N–H and O–H groups in total. The van der Waals surface area contributed by atoms with E-state index in [1.165, 1.54) is 17.3 Å². The molecule has 1 atom stereocenters. The van der Waals surface area contributed by atoms with Gasteiger partial charge in [-0.2, -0.15) is 0 Å². The largest absolute Gasteiger partial charge is 0.480 e. The molecule has 0 radical (unpaired) electrons. The Morgan fingerprint density at radius 1 is 1.17 bits per heavy atom. The van der Waals surface area contributed by atoms with Gasteiger partial charge in [0.2, 0.25) is 0 Å². The number of aliphatic carboxylic acids is 1. The Morgan fingerprint density at radius 3 is 2.74 bits per heavy atom. The number of carboxylic acid groups (broad SMARTS) is 1. The fourth-order valence-corrected chi connectivity index (χ4v) is 7.28. The number of piperazine rings is 1. The van der Waals surface area contributed by atoms with Gasteiger partial charge in [0.15, 0.2) is 6.04 Å². The third kappa shape index (κ3) is 4.18. The zero-order valence-corrected chi connectivity index (χ0v) is 20.3. The number of nitrogen functional groups attached to an aromatic ring is 1. The van der Waals surface area contributed by atoms with E-state index >= 15 is 0 Å². The molecule has 1 unspecified atom stereocenters. The van der Waals surface area contributed by atoms with Gasteiger partial charge in [-0.05, 0) is 41.3 Å². The van der Waals surface area contributed by atoms with E-state index in [-0.39, 0.29) is 23.8 Å². The fourth-order valence-electron chi connectivity index (χ4n) is 4.09. The lowest BCUT2D eigenvalue weighted by Crippen LogP contribution is -2.60. The molecular weight excluding hydrogens is 514 g/mol. The van der Waals surface area contributed by atoms with E-state index in [1.54, 1.807) is 36.4 Å². The Balaban J connectivity index is 1.43. The average Bonchev–Trinajstić information content (AvgIpc) is 3.23. The molecule has 0 saturated carbocycles. The van der Waals surface area contributed by atoms with Crippen molar-refractivity contribution in [1.29, 1.82) is 0 Å². The zero-order chi connectivity index (χ0) is 24.9. The molecule has 2 aromatic heterocycles. The maximum absolute atomic E-state index is 13.3. The van der Waals surface area contributed by atoms with E-state index in [0.717, 1.165) is 11.3 Å². The number of fused-ring (bicyclic) bond motifs is 2. The van der Waals surface area contributed by atoms with Crippen molar-refractivity contribution < 1.29 is 23.1 Å². The highest BCUT2D eigenvalue weighted by molar-refractivity contribution is 7.92. The third-order valence-electron chi connectivity index (χ3n) is 5.79. The van der Waals surface area contributed by atoms with Crippen molar-refractivity contribution in [2.24, 2.45) is 0 Å². The normalized spacial score (nSPS) is 17.3. The summed E-state index contributed by atoms with van der Waals surface area (Å²) in [4.78, 5) is 34.8. The molecular formula is C22H18ClN5O5S2. The number of halogens is 1. The van der Waals surface area contributed by atoms with Crippen molar-refractivity contribution in [1.82, 2.24) is 19.2 Å². The number of carbonyl (C=O) groups excluding carboxylic acids is 1. The van der Waals surface area contributed by atoms with E-state index in [9.17, 15) is 23.1 Å². The van der Waals surface area contributed by atoms with Crippen molar-refractivity contribution in [3.8, 4) is 0 Å². The summed E-state index contributed by atoms with van der Waals surface area (Å²) in [5.41, 5.74) is 7.14. The minimum Gasteiger partial charge on any atom is -0.480 e. The minimum absolute atomic E-state index is 0.0443. The molecule has 1 saturated heterocycles. The number of sulfonamides is 1. The monoisotopic (exact) mass is 531 g/mol. The molecule has 13 heteroatoms. The number of carbonyl (C=O) groups is 2. The van der Waals surface area contributed by atoms with Gasteiger partial charge < -0.3 is 10.8 Å². The summed E-state index contributed by atoms with van der Waals surface area (Å²) in [6.45, 7) is -0.0247. The molecule has 0 bridgehead atoms. The van der Waals surface area contributed by atoms with Crippen LogP contribution in [0.3, 0.4) is 0 Å². The summed E-state index contributed by atoms with van der Waals surface area (Å²) in [5.74, 6) is -2.11. The van der Waals surface area contributed by atoms with Crippen molar-refractivity contribution in [2.45, 2.75) is 16.8 Å². The summed E-state index contributed by atoms with van der Waals surface area (Å²) in [6, 6.07) is 9.99. The lowest BCUT2D eigenvalue weighted by atomic mass is 10.1. The summed E-state index contributed by atoms with van der Waals surface area (Å²) in [7, 11) is -4.24. The first kappa shape index (κ1) is 23.4. The Kier molecular flexibility index (Phi) is 5.83. The van der Waals surface area contributed by atoms with Gasteiger partial charge >= 0.3 is 5.97 Å². The van der Waals surface area contributed by atoms with Crippen molar-refractivity contribution >= 4 is 71.6 Å². The molecule has 4 aromatic rings. The highest BCUT2D eigenvalue weighted by atomic mass is 35.5. The number of rotatable bonds is 5. The number of carboxylic acids is 1. The van der Waals surface area contributed by atoms with Crippen LogP contribution >= 0.6 is 22.9 Å². The van der Waals surface area contributed by atoms with Crippen LogP contribution < -0.4 is 5.73 Å². The quantitative estimate of drug-likeness (QED) is 0.371. The zero-order valence-electron chi connectivity index (χ0n) is 18.0. The Labute approximate surface area is 208 Å². The second-order valence-corrected chi connectivity index (χ2v) is 11.6. The number of aromatic nitrogens is 2. The lowest BCUT2D eigenvalue weighted by molar-refractivity contribution is -0.154. The Bertz CT molecular complexity index is 1610. The van der Waals surface area contributed by atoms with Crippen LogP contribution in [0.2, 0.25) is 5.02 Å². The number of anilines is 1. The van der Waals surface area contributed by atoms with Crippen LogP contribution in [0.25, 0.3) is 21.0 Å². The maximum Gasteiger partial charge on any atom is 0.330 e. The van der Waals surface area contributed by atoms with Crippen molar-refractivity contribution in [3.05, 3.63) is 59.4 Å². The molecule has 3 heterocycles. The molecule has 180 valence electrons. The van der Waals surface area contributed by atoms with Crippen LogP contribution in [0.15, 0.2) is 53.0 Å². The van der Waals surface area contributed by atoms with Crippen LogP contribution in [0, 0.1) is 0 Å². The smallest absolute Gasteiger partial charge is 0.330 e. The lowest BCUT2D eigenvalue weighted by Gasteiger charge is -2.37. The highest BCUT2D eigenvalue weighted by Crippen LogP contribution is 2.34. The summed E-state index contributed by atoms with van der Waals surface area (Å²) in [6.07, 6.45) is 1.33. The van der Waals surface area contributed by atoms with Gasteiger partial charge in [0.25, 0.3) is 15.9 Å². The molecule has 10 nitrogen and oxygen atoms in total. The summed E-state index contributed by atoms with van der Waals surface area (Å²) < 4.78 is 27.9. The van der Waals surface area contributed by atoms with Gasteiger partial charge in [0, 0.05) is 28.2 Å². The number of hydrogen-bond donors (Lipinski definition) is 2. The maximum atomic E-state index is 13.3. The van der Waals surface area contributed by atoms with E-state index in [0.29, 0.717) is 41.7 Å². The van der Waals surface area contributed by atoms with Gasteiger partial charge in [-0.3, -0.25) is 9.69 Å². The first-order chi connectivity index (χ1) is 16.6. The molecule has 0 aliphatic carbocycles. The molecule has 1 amide bonds. The number of hydrogen-bond acceptors (Lipinski definition) is 9. The number of nitrogens with zero attached hydrogens (tertiary/aromatic N) is 4. The predicted octanol–water partition coefficient (Wildman–Crippen LogP) is 2.57. The molecule has 2 aromatic carbocycles. The molecule has 0 spiro atoms. The third-order valence-corrected chi connectivity index (χ3v) is 9.37. The standard InChI is InChI=1S/C22H18ClN5O5S2/c23-14-3-2-13-8-18(34-17(13)9-14)35(32,33)28-6-5-27(19(21(28)29)22(30)31)10-12-1-4-15-16(7-12)25-11-26-20(15)24/h1-4,7-9,11,19H,5-6,10H2,(H,30,31)(H2,24,25,26). The average molecular weight is 532 g/mol. The molecule has 1 aliphatic heterocycles.